The first-order chi connectivity index (χ1) is 16.0. The number of benzene rings is 2. The highest BCUT2D eigenvalue weighted by Gasteiger charge is 2.14. The van der Waals surface area contributed by atoms with Crippen LogP contribution in [0.15, 0.2) is 79.3 Å². The van der Waals surface area contributed by atoms with Gasteiger partial charge in [0.2, 0.25) is 5.95 Å². The summed E-state index contributed by atoms with van der Waals surface area (Å²) >= 11 is 6.12. The van der Waals surface area contributed by atoms with Crippen molar-refractivity contribution >= 4 is 34.8 Å². The number of anilines is 3. The zero-order valence-electron chi connectivity index (χ0n) is 16.9. The molecule has 1 amide bonds. The van der Waals surface area contributed by atoms with Crippen molar-refractivity contribution in [1.29, 1.82) is 0 Å². The van der Waals surface area contributed by atoms with E-state index >= 15 is 0 Å². The summed E-state index contributed by atoms with van der Waals surface area (Å²) in [4.78, 5) is 25.2. The molecule has 0 aliphatic carbocycles. The lowest BCUT2D eigenvalue weighted by Crippen LogP contribution is -2.15. The molecule has 0 saturated heterocycles. The minimum atomic E-state index is -2.96. The molecule has 0 bridgehead atoms. The minimum absolute atomic E-state index is 0.0831. The molecule has 2 N–H and O–H groups in total. The lowest BCUT2D eigenvalue weighted by molar-refractivity contribution is -0.0498. The molecule has 166 valence electrons. The van der Waals surface area contributed by atoms with Crippen molar-refractivity contribution in [3.05, 3.63) is 90.0 Å². The average molecular weight is 468 g/mol. The normalized spacial score (nSPS) is 10.7. The van der Waals surface area contributed by atoms with Crippen molar-refractivity contribution in [2.24, 2.45) is 0 Å². The van der Waals surface area contributed by atoms with Gasteiger partial charge in [0.25, 0.3) is 5.91 Å². The lowest BCUT2D eigenvalue weighted by Gasteiger charge is -2.12. The summed E-state index contributed by atoms with van der Waals surface area (Å²) in [6, 6.07) is 16.8. The van der Waals surface area contributed by atoms with Crippen molar-refractivity contribution in [3.8, 4) is 16.9 Å². The summed E-state index contributed by atoms with van der Waals surface area (Å²) in [5, 5.41) is 5.80. The Kier molecular flexibility index (Phi) is 6.70. The minimum Gasteiger partial charge on any atom is -0.435 e. The van der Waals surface area contributed by atoms with Gasteiger partial charge in [0, 0.05) is 24.0 Å². The highest BCUT2D eigenvalue weighted by Crippen LogP contribution is 2.30. The van der Waals surface area contributed by atoms with E-state index in [1.165, 1.54) is 30.5 Å². The Morgan fingerprint density at radius 1 is 1.00 bits per heavy atom. The Labute approximate surface area is 192 Å². The van der Waals surface area contributed by atoms with Crippen LogP contribution in [0.25, 0.3) is 11.1 Å². The number of amides is 1. The number of alkyl halides is 2. The first-order valence-electron chi connectivity index (χ1n) is 9.65. The van der Waals surface area contributed by atoms with Gasteiger partial charge < -0.3 is 15.4 Å². The van der Waals surface area contributed by atoms with E-state index in [9.17, 15) is 13.6 Å². The van der Waals surface area contributed by atoms with Crippen LogP contribution < -0.4 is 15.4 Å². The molecule has 2 aromatic carbocycles. The molecule has 0 radical (unpaired) electrons. The van der Waals surface area contributed by atoms with Crippen LogP contribution in [0.3, 0.4) is 0 Å². The SMILES string of the molecule is O=C(Nc1cnccc1-c1ccccc1)c1ccnc(Nc2ccc(OC(F)F)cc2Cl)n1. The van der Waals surface area contributed by atoms with E-state index in [0.717, 1.165) is 11.1 Å². The smallest absolute Gasteiger partial charge is 0.387 e. The van der Waals surface area contributed by atoms with E-state index in [1.807, 2.05) is 30.3 Å². The number of rotatable bonds is 7. The largest absolute Gasteiger partial charge is 0.435 e. The third kappa shape index (κ3) is 5.58. The summed E-state index contributed by atoms with van der Waals surface area (Å²) < 4.78 is 29.0. The molecule has 4 rings (SSSR count). The topological polar surface area (TPSA) is 89.0 Å². The van der Waals surface area contributed by atoms with Gasteiger partial charge in [-0.2, -0.15) is 8.78 Å². The number of aromatic nitrogens is 3. The van der Waals surface area contributed by atoms with Crippen molar-refractivity contribution in [2.45, 2.75) is 6.61 Å². The predicted octanol–water partition coefficient (Wildman–Crippen LogP) is 5.79. The first-order valence-corrected chi connectivity index (χ1v) is 10.0. The van der Waals surface area contributed by atoms with E-state index in [0.29, 0.717) is 11.4 Å². The van der Waals surface area contributed by atoms with Gasteiger partial charge in [0.15, 0.2) is 0 Å². The van der Waals surface area contributed by atoms with Gasteiger partial charge in [-0.1, -0.05) is 41.9 Å². The molecule has 7 nitrogen and oxygen atoms in total. The fourth-order valence-electron chi connectivity index (χ4n) is 2.99. The molecule has 0 fully saturated rings. The molecule has 10 heteroatoms. The maximum atomic E-state index is 12.8. The molecule has 0 unspecified atom stereocenters. The summed E-state index contributed by atoms with van der Waals surface area (Å²) in [7, 11) is 0. The number of halogens is 3. The fraction of sp³-hybridized carbons (Fsp3) is 0.0435. The van der Waals surface area contributed by atoms with Crippen LogP contribution in [0, 0.1) is 0 Å². The van der Waals surface area contributed by atoms with E-state index in [1.54, 1.807) is 18.5 Å². The van der Waals surface area contributed by atoms with E-state index in [2.05, 4.69) is 30.3 Å². The molecule has 0 atom stereocenters. The van der Waals surface area contributed by atoms with Gasteiger partial charge in [-0.05, 0) is 29.8 Å². The van der Waals surface area contributed by atoms with Gasteiger partial charge >= 0.3 is 6.61 Å². The standard InChI is InChI=1S/C23H16ClF2N5O2/c24-17-12-15(33-22(25)26)6-7-18(17)30-23-28-11-9-19(31-23)21(32)29-20-13-27-10-8-16(20)14-4-2-1-3-5-14/h1-13,22H,(H,29,32)(H,28,30,31). The molecular formula is C23H16ClF2N5O2. The second-order valence-electron chi connectivity index (χ2n) is 6.65. The molecule has 2 aromatic heterocycles. The summed E-state index contributed by atoms with van der Waals surface area (Å²) in [6.07, 6.45) is 4.61. The fourth-order valence-corrected chi connectivity index (χ4v) is 3.21. The average Bonchev–Trinajstić information content (AvgIpc) is 2.81. The highest BCUT2D eigenvalue weighted by atomic mass is 35.5. The summed E-state index contributed by atoms with van der Waals surface area (Å²) in [6.45, 7) is -2.96. The van der Waals surface area contributed by atoms with Crippen molar-refractivity contribution in [2.75, 3.05) is 10.6 Å². The second-order valence-corrected chi connectivity index (χ2v) is 7.06. The Hall–Kier alpha value is -4.11. The van der Waals surface area contributed by atoms with Crippen LogP contribution in [0.1, 0.15) is 10.5 Å². The van der Waals surface area contributed by atoms with Crippen molar-refractivity contribution in [3.63, 3.8) is 0 Å². The Morgan fingerprint density at radius 2 is 1.82 bits per heavy atom. The zero-order chi connectivity index (χ0) is 23.2. The third-order valence-corrected chi connectivity index (χ3v) is 4.77. The third-order valence-electron chi connectivity index (χ3n) is 4.45. The number of nitrogens with zero attached hydrogens (tertiary/aromatic N) is 3. The van der Waals surface area contributed by atoms with Crippen LogP contribution in [0.5, 0.6) is 5.75 Å². The van der Waals surface area contributed by atoms with Gasteiger partial charge in [-0.3, -0.25) is 9.78 Å². The van der Waals surface area contributed by atoms with Crippen LogP contribution in [0.2, 0.25) is 5.02 Å². The van der Waals surface area contributed by atoms with Gasteiger partial charge in [0.1, 0.15) is 11.4 Å². The summed E-state index contributed by atoms with van der Waals surface area (Å²) in [5.74, 6) is -0.445. The Bertz CT molecular complexity index is 1270. The maximum Gasteiger partial charge on any atom is 0.387 e. The van der Waals surface area contributed by atoms with Crippen molar-refractivity contribution in [1.82, 2.24) is 15.0 Å². The molecule has 4 aromatic rings. The molecule has 0 aliphatic rings. The van der Waals surface area contributed by atoms with E-state index in [-0.39, 0.29) is 22.4 Å². The number of ether oxygens (including phenoxy) is 1. The van der Waals surface area contributed by atoms with Crippen LogP contribution in [0.4, 0.5) is 26.1 Å². The number of pyridine rings is 1. The van der Waals surface area contributed by atoms with Gasteiger partial charge in [0.05, 0.1) is 22.6 Å². The van der Waals surface area contributed by atoms with Crippen molar-refractivity contribution < 1.29 is 18.3 Å². The second kappa shape index (κ2) is 10.0. The first kappa shape index (κ1) is 22.1. The molecule has 2 heterocycles. The van der Waals surface area contributed by atoms with E-state index in [4.69, 9.17) is 11.6 Å². The Morgan fingerprint density at radius 3 is 2.58 bits per heavy atom. The zero-order valence-corrected chi connectivity index (χ0v) is 17.6. The molecular weight excluding hydrogens is 452 g/mol. The van der Waals surface area contributed by atoms with Crippen LogP contribution in [-0.2, 0) is 0 Å². The number of carbonyl (C=O) groups excluding carboxylic acids is 1. The monoisotopic (exact) mass is 467 g/mol. The Balaban J connectivity index is 1.52. The maximum absolute atomic E-state index is 12.8. The highest BCUT2D eigenvalue weighted by molar-refractivity contribution is 6.33. The molecule has 0 aliphatic heterocycles. The number of hydrogen-bond donors (Lipinski definition) is 2. The number of nitrogens with one attached hydrogen (secondary N) is 2. The molecule has 0 spiro atoms. The number of carbonyl (C=O) groups is 1. The quantitative estimate of drug-likeness (QED) is 0.357. The molecule has 0 saturated carbocycles. The molecule has 33 heavy (non-hydrogen) atoms. The number of hydrogen-bond acceptors (Lipinski definition) is 6. The lowest BCUT2D eigenvalue weighted by atomic mass is 10.1. The summed E-state index contributed by atoms with van der Waals surface area (Å²) in [5.41, 5.74) is 2.72. The van der Waals surface area contributed by atoms with Crippen LogP contribution >= 0.6 is 11.6 Å². The predicted molar refractivity (Wildman–Crippen MR) is 121 cm³/mol. The van der Waals surface area contributed by atoms with Gasteiger partial charge in [-0.25, -0.2) is 9.97 Å². The van der Waals surface area contributed by atoms with Crippen LogP contribution in [-0.4, -0.2) is 27.5 Å². The van der Waals surface area contributed by atoms with E-state index < -0.39 is 12.5 Å². The van der Waals surface area contributed by atoms with Gasteiger partial charge in [-0.15, -0.1) is 0 Å².